The second kappa shape index (κ2) is 7.43. The molecule has 1 aromatic heterocycles. The molecule has 0 aromatic carbocycles. The number of hydrogen-bond acceptors (Lipinski definition) is 4. The molecular formula is C17H29N5O. The SMILES string of the molecule is CCN(CC)C(=O)[C@@H]1C[C@@H](n2cc(C3CCCCC3)nn2)CN1. The van der Waals surface area contributed by atoms with Crippen molar-refractivity contribution in [3.63, 3.8) is 0 Å². The molecule has 1 N–H and O–H groups in total. The van der Waals surface area contributed by atoms with Crippen molar-refractivity contribution in [1.82, 2.24) is 25.2 Å². The second-order valence-electron chi connectivity index (χ2n) is 6.82. The molecule has 0 spiro atoms. The van der Waals surface area contributed by atoms with E-state index in [0.717, 1.165) is 31.7 Å². The Balaban J connectivity index is 1.60. The molecule has 6 nitrogen and oxygen atoms in total. The van der Waals surface area contributed by atoms with Crippen LogP contribution < -0.4 is 5.32 Å². The van der Waals surface area contributed by atoms with Crippen molar-refractivity contribution in [2.45, 2.75) is 70.4 Å². The molecule has 0 unspecified atom stereocenters. The molecule has 128 valence electrons. The number of nitrogens with zero attached hydrogens (tertiary/aromatic N) is 4. The standard InChI is InChI=1S/C17H29N5O/c1-3-21(4-2)17(23)15-10-14(11-18-15)22-12-16(19-20-22)13-8-6-5-7-9-13/h12-15,18H,3-11H2,1-2H3/t14-,15+/m1/s1. The topological polar surface area (TPSA) is 63.1 Å². The highest BCUT2D eigenvalue weighted by Gasteiger charge is 2.33. The summed E-state index contributed by atoms with van der Waals surface area (Å²) in [6.45, 7) is 6.40. The van der Waals surface area contributed by atoms with Crippen LogP contribution in [-0.2, 0) is 4.79 Å². The maximum absolute atomic E-state index is 12.5. The number of rotatable bonds is 5. The molecule has 1 saturated heterocycles. The van der Waals surface area contributed by atoms with Gasteiger partial charge in [0.1, 0.15) is 0 Å². The maximum Gasteiger partial charge on any atom is 0.239 e. The zero-order valence-electron chi connectivity index (χ0n) is 14.4. The number of nitrogens with one attached hydrogen (secondary N) is 1. The summed E-state index contributed by atoms with van der Waals surface area (Å²) < 4.78 is 1.98. The monoisotopic (exact) mass is 319 g/mol. The van der Waals surface area contributed by atoms with Crippen molar-refractivity contribution >= 4 is 5.91 Å². The molecule has 1 aliphatic heterocycles. The first-order valence-electron chi connectivity index (χ1n) is 9.16. The summed E-state index contributed by atoms with van der Waals surface area (Å²) in [6, 6.07) is 0.159. The Bertz CT molecular complexity index is 519. The van der Waals surface area contributed by atoms with Crippen LogP contribution in [0.15, 0.2) is 6.20 Å². The molecule has 2 heterocycles. The van der Waals surface area contributed by atoms with Crippen molar-refractivity contribution in [2.24, 2.45) is 0 Å². The number of carbonyl (C=O) groups excluding carboxylic acids is 1. The largest absolute Gasteiger partial charge is 0.342 e. The molecule has 2 atom stereocenters. The maximum atomic E-state index is 12.5. The molecule has 1 aliphatic carbocycles. The smallest absolute Gasteiger partial charge is 0.239 e. The van der Waals surface area contributed by atoms with Crippen LogP contribution in [0.5, 0.6) is 0 Å². The van der Waals surface area contributed by atoms with E-state index in [1.165, 1.54) is 32.1 Å². The third kappa shape index (κ3) is 3.57. The number of carbonyl (C=O) groups is 1. The van der Waals surface area contributed by atoms with E-state index in [1.54, 1.807) is 0 Å². The van der Waals surface area contributed by atoms with Crippen molar-refractivity contribution in [3.8, 4) is 0 Å². The van der Waals surface area contributed by atoms with Crippen LogP contribution in [0.2, 0.25) is 0 Å². The average Bonchev–Trinajstić information content (AvgIpc) is 3.26. The van der Waals surface area contributed by atoms with Gasteiger partial charge in [-0.15, -0.1) is 5.10 Å². The molecule has 1 aromatic rings. The fourth-order valence-corrected chi connectivity index (χ4v) is 3.92. The normalized spacial score (nSPS) is 25.7. The Morgan fingerprint density at radius 1 is 1.30 bits per heavy atom. The fourth-order valence-electron chi connectivity index (χ4n) is 3.92. The number of aromatic nitrogens is 3. The minimum absolute atomic E-state index is 0.0813. The molecular weight excluding hydrogens is 290 g/mol. The highest BCUT2D eigenvalue weighted by atomic mass is 16.2. The van der Waals surface area contributed by atoms with Gasteiger partial charge >= 0.3 is 0 Å². The van der Waals surface area contributed by atoms with Crippen LogP contribution in [0, 0.1) is 0 Å². The third-order valence-electron chi connectivity index (χ3n) is 5.41. The third-order valence-corrected chi connectivity index (χ3v) is 5.41. The molecule has 23 heavy (non-hydrogen) atoms. The highest BCUT2D eigenvalue weighted by Crippen LogP contribution is 2.32. The number of likely N-dealkylation sites (N-methyl/N-ethyl adjacent to an activating group) is 1. The van der Waals surface area contributed by atoms with E-state index in [9.17, 15) is 4.79 Å². The molecule has 0 radical (unpaired) electrons. The van der Waals surface area contributed by atoms with Crippen molar-refractivity contribution in [2.75, 3.05) is 19.6 Å². The summed E-state index contributed by atoms with van der Waals surface area (Å²) in [4.78, 5) is 14.4. The Morgan fingerprint density at radius 2 is 2.04 bits per heavy atom. The average molecular weight is 319 g/mol. The van der Waals surface area contributed by atoms with Crippen LogP contribution in [0.1, 0.15) is 70.0 Å². The lowest BCUT2D eigenvalue weighted by molar-refractivity contribution is -0.132. The van der Waals surface area contributed by atoms with Gasteiger partial charge in [-0.25, -0.2) is 4.68 Å². The molecule has 0 bridgehead atoms. The summed E-state index contributed by atoms with van der Waals surface area (Å²) in [5.41, 5.74) is 1.14. The predicted molar refractivity (Wildman–Crippen MR) is 89.2 cm³/mol. The zero-order chi connectivity index (χ0) is 16.2. The van der Waals surface area contributed by atoms with Gasteiger partial charge in [-0.1, -0.05) is 24.5 Å². The van der Waals surface area contributed by atoms with Gasteiger partial charge in [0.15, 0.2) is 0 Å². The summed E-state index contributed by atoms with van der Waals surface area (Å²) >= 11 is 0. The first kappa shape index (κ1) is 16.4. The first-order valence-corrected chi connectivity index (χ1v) is 9.16. The van der Waals surface area contributed by atoms with E-state index < -0.39 is 0 Å². The zero-order valence-corrected chi connectivity index (χ0v) is 14.4. The molecule has 1 amide bonds. The Hall–Kier alpha value is -1.43. The molecule has 1 saturated carbocycles. The van der Waals surface area contributed by atoms with Gasteiger partial charge in [-0.3, -0.25) is 4.79 Å². The lowest BCUT2D eigenvalue weighted by atomic mass is 9.87. The van der Waals surface area contributed by atoms with E-state index in [0.29, 0.717) is 5.92 Å². The fraction of sp³-hybridized carbons (Fsp3) is 0.824. The predicted octanol–water partition coefficient (Wildman–Crippen LogP) is 2.10. The van der Waals surface area contributed by atoms with Crippen LogP contribution in [-0.4, -0.2) is 51.5 Å². The minimum Gasteiger partial charge on any atom is -0.342 e. The summed E-state index contributed by atoms with van der Waals surface area (Å²) in [5, 5.41) is 12.1. The van der Waals surface area contributed by atoms with Gasteiger partial charge in [-0.2, -0.15) is 0 Å². The number of hydrogen-bond donors (Lipinski definition) is 1. The molecule has 3 rings (SSSR count). The van der Waals surface area contributed by atoms with E-state index in [2.05, 4.69) is 21.8 Å². The molecule has 2 fully saturated rings. The van der Waals surface area contributed by atoms with E-state index in [1.807, 2.05) is 23.4 Å². The van der Waals surface area contributed by atoms with Gasteiger partial charge in [0, 0.05) is 31.7 Å². The first-order chi connectivity index (χ1) is 11.2. The quantitative estimate of drug-likeness (QED) is 0.903. The van der Waals surface area contributed by atoms with Gasteiger partial charge in [0.2, 0.25) is 5.91 Å². The summed E-state index contributed by atoms with van der Waals surface area (Å²) in [6.07, 6.45) is 9.38. The van der Waals surface area contributed by atoms with Gasteiger partial charge in [0.25, 0.3) is 0 Å². The van der Waals surface area contributed by atoms with Crippen LogP contribution in [0.3, 0.4) is 0 Å². The van der Waals surface area contributed by atoms with Gasteiger partial charge in [-0.05, 0) is 33.1 Å². The minimum atomic E-state index is -0.0813. The lowest BCUT2D eigenvalue weighted by Gasteiger charge is -2.22. The van der Waals surface area contributed by atoms with Gasteiger partial charge < -0.3 is 10.2 Å². The molecule has 2 aliphatic rings. The van der Waals surface area contributed by atoms with Crippen LogP contribution in [0.4, 0.5) is 0 Å². The van der Waals surface area contributed by atoms with Gasteiger partial charge in [0.05, 0.1) is 17.8 Å². The van der Waals surface area contributed by atoms with E-state index in [-0.39, 0.29) is 18.0 Å². The molecule has 6 heteroatoms. The Kier molecular flexibility index (Phi) is 5.30. The van der Waals surface area contributed by atoms with Crippen LogP contribution >= 0.6 is 0 Å². The number of amides is 1. The lowest BCUT2D eigenvalue weighted by Crippen LogP contribution is -2.43. The summed E-state index contributed by atoms with van der Waals surface area (Å²) in [7, 11) is 0. The van der Waals surface area contributed by atoms with Crippen molar-refractivity contribution in [3.05, 3.63) is 11.9 Å². The van der Waals surface area contributed by atoms with Crippen molar-refractivity contribution in [1.29, 1.82) is 0 Å². The summed E-state index contributed by atoms with van der Waals surface area (Å²) in [5.74, 6) is 0.796. The second-order valence-corrected chi connectivity index (χ2v) is 6.82. The Morgan fingerprint density at radius 3 is 2.74 bits per heavy atom. The highest BCUT2D eigenvalue weighted by molar-refractivity contribution is 5.82. The Labute approximate surface area is 138 Å². The van der Waals surface area contributed by atoms with Crippen LogP contribution in [0.25, 0.3) is 0 Å². The van der Waals surface area contributed by atoms with E-state index in [4.69, 9.17) is 0 Å². The van der Waals surface area contributed by atoms with E-state index >= 15 is 0 Å². The van der Waals surface area contributed by atoms with Crippen molar-refractivity contribution < 1.29 is 4.79 Å².